The molecule has 32 heavy (non-hydrogen) atoms. The fraction of sp³-hybridized carbons (Fsp3) is 0.733. The highest BCUT2D eigenvalue weighted by Crippen LogP contribution is 2.57. The fourth-order valence-corrected chi connectivity index (χ4v) is 6.02. The number of hydrogen-bond acceptors (Lipinski definition) is 2. The summed E-state index contributed by atoms with van der Waals surface area (Å²) >= 11 is 0. The van der Waals surface area contributed by atoms with Crippen molar-refractivity contribution in [1.82, 2.24) is 0 Å². The van der Waals surface area contributed by atoms with Gasteiger partial charge in [0.1, 0.15) is 11.2 Å². The van der Waals surface area contributed by atoms with Crippen molar-refractivity contribution in [3.8, 4) is 47.4 Å². The Labute approximate surface area is 195 Å². The van der Waals surface area contributed by atoms with Gasteiger partial charge >= 0.3 is 0 Å². The van der Waals surface area contributed by atoms with E-state index in [0.29, 0.717) is 0 Å². The zero-order valence-electron chi connectivity index (χ0n) is 20.4. The number of aliphatic hydroxyl groups is 2. The Kier molecular flexibility index (Phi) is 5.75. The van der Waals surface area contributed by atoms with Crippen LogP contribution in [0.3, 0.4) is 0 Å². The number of hydrogen-bond donors (Lipinski definition) is 2. The van der Waals surface area contributed by atoms with Crippen LogP contribution in [0.2, 0.25) is 0 Å². The third-order valence-electron chi connectivity index (χ3n) is 8.48. The van der Waals surface area contributed by atoms with Crippen molar-refractivity contribution < 1.29 is 10.2 Å². The minimum atomic E-state index is -0.907. The van der Waals surface area contributed by atoms with Crippen LogP contribution in [-0.2, 0) is 0 Å². The third kappa shape index (κ3) is 5.21. The third-order valence-corrected chi connectivity index (χ3v) is 8.48. The molecule has 6 rings (SSSR count). The van der Waals surface area contributed by atoms with Crippen LogP contribution in [0.25, 0.3) is 0 Å². The van der Waals surface area contributed by atoms with E-state index in [0.717, 1.165) is 77.0 Å². The Morgan fingerprint density at radius 1 is 0.438 bits per heavy atom. The lowest BCUT2D eigenvalue weighted by Gasteiger charge is -2.49. The SMILES string of the molecule is CC(C)(O)C#CC12CCC(C#CC#CC34CCC(C#CC(C)(C)O)(CC3)CC4)(CC1)CC2. The van der Waals surface area contributed by atoms with E-state index in [4.69, 9.17) is 0 Å². The molecule has 0 spiro atoms. The topological polar surface area (TPSA) is 40.5 Å². The van der Waals surface area contributed by atoms with E-state index < -0.39 is 11.2 Å². The normalized spacial score (nSPS) is 37.6. The first-order valence-electron chi connectivity index (χ1n) is 12.4. The quantitative estimate of drug-likeness (QED) is 0.517. The molecule has 0 heterocycles. The molecule has 0 aromatic rings. The van der Waals surface area contributed by atoms with Crippen LogP contribution in [0.5, 0.6) is 0 Å². The van der Waals surface area contributed by atoms with Crippen molar-refractivity contribution in [3.63, 3.8) is 0 Å². The molecule has 0 amide bonds. The maximum atomic E-state index is 9.96. The van der Waals surface area contributed by atoms with Crippen molar-refractivity contribution in [2.45, 2.75) is 116 Å². The van der Waals surface area contributed by atoms with Gasteiger partial charge in [-0.15, -0.1) is 0 Å². The molecule has 0 unspecified atom stereocenters. The van der Waals surface area contributed by atoms with Gasteiger partial charge in [0.25, 0.3) is 0 Å². The van der Waals surface area contributed by atoms with Crippen molar-refractivity contribution >= 4 is 0 Å². The van der Waals surface area contributed by atoms with Gasteiger partial charge in [-0.1, -0.05) is 35.5 Å². The van der Waals surface area contributed by atoms with Crippen LogP contribution in [0.1, 0.15) is 105 Å². The highest BCUT2D eigenvalue weighted by atomic mass is 16.3. The van der Waals surface area contributed by atoms with E-state index in [1.165, 1.54) is 0 Å². The highest BCUT2D eigenvalue weighted by molar-refractivity contribution is 5.35. The largest absolute Gasteiger partial charge is 0.378 e. The second-order valence-corrected chi connectivity index (χ2v) is 12.2. The summed E-state index contributed by atoms with van der Waals surface area (Å²) in [5.74, 6) is 26.7. The predicted molar refractivity (Wildman–Crippen MR) is 129 cm³/mol. The van der Waals surface area contributed by atoms with Crippen LogP contribution in [0.15, 0.2) is 0 Å². The molecule has 0 aromatic carbocycles. The zero-order chi connectivity index (χ0) is 23.1. The standard InChI is InChI=1S/C30H38O2/c1-25(2,31)9-11-29-19-13-27(14-20-29,15-21-29)7-5-6-8-28-16-22-30(23-17-28,24-18-28)12-10-26(3,4)32/h31-32H,13-24H2,1-4H3. The summed E-state index contributed by atoms with van der Waals surface area (Å²) in [4.78, 5) is 0. The van der Waals surface area contributed by atoms with Crippen molar-refractivity contribution in [2.75, 3.05) is 0 Å². The zero-order valence-corrected chi connectivity index (χ0v) is 20.4. The van der Waals surface area contributed by atoms with Gasteiger partial charge < -0.3 is 10.2 Å². The van der Waals surface area contributed by atoms with E-state index in [9.17, 15) is 10.2 Å². The molecule has 2 N–H and O–H groups in total. The van der Waals surface area contributed by atoms with E-state index in [1.807, 2.05) is 0 Å². The van der Waals surface area contributed by atoms with E-state index in [-0.39, 0.29) is 21.7 Å². The molecule has 0 atom stereocenters. The second-order valence-electron chi connectivity index (χ2n) is 12.2. The van der Waals surface area contributed by atoms with Gasteiger partial charge in [-0.2, -0.15) is 0 Å². The Morgan fingerprint density at radius 3 is 0.875 bits per heavy atom. The minimum Gasteiger partial charge on any atom is -0.378 e. The summed E-state index contributed by atoms with van der Waals surface area (Å²) in [6.07, 6.45) is 13.2. The second kappa shape index (κ2) is 7.88. The molecule has 2 heteroatoms. The molecule has 0 aliphatic heterocycles. The summed E-state index contributed by atoms with van der Waals surface area (Å²) < 4.78 is 0. The summed E-state index contributed by atoms with van der Waals surface area (Å²) in [7, 11) is 0. The molecule has 2 nitrogen and oxygen atoms in total. The average Bonchev–Trinajstić information content (AvgIpc) is 2.76. The average molecular weight is 431 g/mol. The number of fused-ring (bicyclic) bond motifs is 6. The predicted octanol–water partition coefficient (Wildman–Crippen LogP) is 5.22. The van der Waals surface area contributed by atoms with Gasteiger partial charge in [-0.05, 0) is 117 Å². The van der Waals surface area contributed by atoms with Crippen LogP contribution in [-0.4, -0.2) is 21.4 Å². The molecule has 4 bridgehead atoms. The molecule has 6 aliphatic rings. The van der Waals surface area contributed by atoms with Crippen molar-refractivity contribution in [2.24, 2.45) is 21.7 Å². The lowest BCUT2D eigenvalue weighted by Crippen LogP contribution is -2.40. The molecule has 0 aromatic heterocycles. The van der Waals surface area contributed by atoms with Crippen LogP contribution < -0.4 is 0 Å². The van der Waals surface area contributed by atoms with E-state index in [2.05, 4.69) is 47.4 Å². The first-order chi connectivity index (χ1) is 14.9. The van der Waals surface area contributed by atoms with Gasteiger partial charge in [0.05, 0.1) is 0 Å². The summed E-state index contributed by atoms with van der Waals surface area (Å²) in [5.41, 5.74) is -1.36. The Bertz CT molecular complexity index is 868. The van der Waals surface area contributed by atoms with Gasteiger partial charge in [-0.3, -0.25) is 0 Å². The smallest absolute Gasteiger partial charge is 0.119 e. The lowest BCUT2D eigenvalue weighted by atomic mass is 9.54. The Morgan fingerprint density at radius 2 is 0.656 bits per heavy atom. The first kappa shape index (κ1) is 23.3. The van der Waals surface area contributed by atoms with Crippen LogP contribution in [0.4, 0.5) is 0 Å². The highest BCUT2D eigenvalue weighted by Gasteiger charge is 2.48. The van der Waals surface area contributed by atoms with Crippen molar-refractivity contribution in [3.05, 3.63) is 0 Å². The Hall–Kier alpha value is -1.84. The summed E-state index contributed by atoms with van der Waals surface area (Å²) in [6.45, 7) is 7.05. The molecular formula is C30H38O2. The van der Waals surface area contributed by atoms with Gasteiger partial charge in [-0.25, -0.2) is 0 Å². The van der Waals surface area contributed by atoms with Gasteiger partial charge in [0, 0.05) is 21.7 Å². The minimum absolute atomic E-state index is 0.0961. The fourth-order valence-electron chi connectivity index (χ4n) is 6.02. The molecule has 6 fully saturated rings. The maximum absolute atomic E-state index is 9.96. The number of rotatable bonds is 0. The molecular weight excluding hydrogens is 392 g/mol. The van der Waals surface area contributed by atoms with Crippen LogP contribution >= 0.6 is 0 Å². The van der Waals surface area contributed by atoms with E-state index in [1.54, 1.807) is 27.7 Å². The van der Waals surface area contributed by atoms with Crippen LogP contribution in [0, 0.1) is 69.0 Å². The van der Waals surface area contributed by atoms with Crippen molar-refractivity contribution in [1.29, 1.82) is 0 Å². The first-order valence-corrected chi connectivity index (χ1v) is 12.4. The molecule has 170 valence electrons. The summed E-state index contributed by atoms with van der Waals surface area (Å²) in [5, 5.41) is 19.9. The molecule has 0 saturated heterocycles. The van der Waals surface area contributed by atoms with Gasteiger partial charge in [0.15, 0.2) is 0 Å². The maximum Gasteiger partial charge on any atom is 0.119 e. The molecule has 6 aliphatic carbocycles. The van der Waals surface area contributed by atoms with Gasteiger partial charge in [0.2, 0.25) is 0 Å². The monoisotopic (exact) mass is 430 g/mol. The lowest BCUT2D eigenvalue weighted by molar-refractivity contribution is 0.0703. The molecule has 6 saturated carbocycles. The summed E-state index contributed by atoms with van der Waals surface area (Å²) in [6, 6.07) is 0. The molecule has 0 radical (unpaired) electrons. The van der Waals surface area contributed by atoms with E-state index >= 15 is 0 Å². The Balaban J connectivity index is 1.37.